The van der Waals surface area contributed by atoms with Crippen LogP contribution in [-0.2, 0) is 48.0 Å². The van der Waals surface area contributed by atoms with Crippen molar-refractivity contribution in [1.29, 1.82) is 0 Å². The second kappa shape index (κ2) is 8.03. The molecule has 3 aliphatic rings. The Labute approximate surface area is 177 Å². The molecule has 9 heteroatoms. The molecule has 0 radical (unpaired) electrons. The number of carbonyl (C=O) groups excluding carboxylic acids is 1. The third-order valence-corrected chi connectivity index (χ3v) is 7.30. The molecule has 2 amide bonds. The fourth-order valence-corrected chi connectivity index (χ4v) is 5.56. The Morgan fingerprint density at radius 3 is 2.67 bits per heavy atom. The first-order valence-electron chi connectivity index (χ1n) is 10.5. The van der Waals surface area contributed by atoms with Crippen LogP contribution in [0.15, 0.2) is 17.2 Å². The van der Waals surface area contributed by atoms with Gasteiger partial charge in [0.2, 0.25) is 5.88 Å². The summed E-state index contributed by atoms with van der Waals surface area (Å²) in [6.07, 6.45) is 8.52. The number of aromatic nitrogens is 2. The van der Waals surface area contributed by atoms with E-state index in [1.54, 1.807) is 11.8 Å². The van der Waals surface area contributed by atoms with E-state index in [9.17, 15) is 9.00 Å². The molecule has 2 aliphatic carbocycles. The third-order valence-electron chi connectivity index (χ3n) is 6.24. The zero-order valence-electron chi connectivity index (χ0n) is 17.0. The lowest BCUT2D eigenvalue weighted by atomic mass is 9.99. The maximum Gasteiger partial charge on any atom is 0.331 e. The number of anilines is 1. The molecular weight excluding hydrogens is 404 g/mol. The molecule has 2 atom stereocenters. The number of rotatable bonds is 4. The first-order valence-corrected chi connectivity index (χ1v) is 11.7. The number of fused-ring (bicyclic) bond motifs is 3. The van der Waals surface area contributed by atoms with Gasteiger partial charge in [0, 0.05) is 19.2 Å². The summed E-state index contributed by atoms with van der Waals surface area (Å²) in [5.74, 6) is 0.426. The van der Waals surface area contributed by atoms with Gasteiger partial charge in [-0.1, -0.05) is 6.07 Å². The Morgan fingerprint density at radius 1 is 1.23 bits per heavy atom. The Morgan fingerprint density at radius 2 is 1.97 bits per heavy atom. The lowest BCUT2D eigenvalue weighted by molar-refractivity contribution is 0.0775. The zero-order valence-corrected chi connectivity index (χ0v) is 17.8. The molecule has 0 saturated carbocycles. The first-order chi connectivity index (χ1) is 14.6. The van der Waals surface area contributed by atoms with E-state index in [4.69, 9.17) is 9.47 Å². The van der Waals surface area contributed by atoms with Gasteiger partial charge in [0.1, 0.15) is 4.90 Å². The van der Waals surface area contributed by atoms with Crippen molar-refractivity contribution in [3.8, 4) is 5.88 Å². The van der Waals surface area contributed by atoms with Crippen LogP contribution >= 0.6 is 0 Å². The molecule has 1 aromatic carbocycles. The molecule has 2 N–H and O–H groups in total. The Balaban J connectivity index is 1.33. The van der Waals surface area contributed by atoms with E-state index in [1.165, 1.54) is 28.5 Å². The lowest BCUT2D eigenvalue weighted by Gasteiger charge is -2.16. The van der Waals surface area contributed by atoms with Gasteiger partial charge in [-0.25, -0.2) is 13.7 Å². The van der Waals surface area contributed by atoms with Crippen LogP contribution in [0.2, 0.25) is 0 Å². The lowest BCUT2D eigenvalue weighted by Crippen LogP contribution is -2.31. The van der Waals surface area contributed by atoms with Gasteiger partial charge in [0.25, 0.3) is 0 Å². The highest BCUT2D eigenvalue weighted by molar-refractivity contribution is 7.83. The molecule has 1 unspecified atom stereocenters. The van der Waals surface area contributed by atoms with Gasteiger partial charge in [0.15, 0.2) is 11.0 Å². The minimum atomic E-state index is -1.77. The SMILES string of the molecule is COC1CCOc2c([S@@](=O)NC(=O)Nc3c4c(cc5c3CCC5)CCC4)cnn2C1. The van der Waals surface area contributed by atoms with Crippen molar-refractivity contribution < 1.29 is 18.5 Å². The minimum Gasteiger partial charge on any atom is -0.477 e. The molecule has 2 heterocycles. The Kier molecular flexibility index (Phi) is 5.24. The molecule has 30 heavy (non-hydrogen) atoms. The third kappa shape index (κ3) is 3.50. The van der Waals surface area contributed by atoms with Gasteiger partial charge >= 0.3 is 6.03 Å². The van der Waals surface area contributed by atoms with Gasteiger partial charge in [-0.15, -0.1) is 0 Å². The van der Waals surface area contributed by atoms with Crippen LogP contribution in [0.1, 0.15) is 41.5 Å². The summed E-state index contributed by atoms with van der Waals surface area (Å²) in [6.45, 7) is 0.973. The van der Waals surface area contributed by atoms with E-state index >= 15 is 0 Å². The zero-order chi connectivity index (χ0) is 20.7. The fraction of sp³-hybridized carbons (Fsp3) is 0.524. The Hall–Kier alpha value is -2.39. The second-order valence-corrected chi connectivity index (χ2v) is 9.23. The van der Waals surface area contributed by atoms with Crippen molar-refractivity contribution in [3.05, 3.63) is 34.5 Å². The Bertz CT molecular complexity index is 987. The number of urea groups is 1. The fourth-order valence-electron chi connectivity index (χ4n) is 4.77. The van der Waals surface area contributed by atoms with E-state index in [2.05, 4.69) is 21.2 Å². The van der Waals surface area contributed by atoms with Gasteiger partial charge in [-0.3, -0.25) is 4.72 Å². The molecular formula is C21H26N4O4S. The summed E-state index contributed by atoms with van der Waals surface area (Å²) in [5, 5.41) is 7.28. The normalized spacial score (nSPS) is 20.5. The number of ether oxygens (including phenoxy) is 2. The molecule has 5 rings (SSSR count). The van der Waals surface area contributed by atoms with Crippen LogP contribution in [0, 0.1) is 0 Å². The maximum absolute atomic E-state index is 12.9. The van der Waals surface area contributed by atoms with Gasteiger partial charge in [-0.05, 0) is 60.8 Å². The number of aryl methyl sites for hydroxylation is 2. The van der Waals surface area contributed by atoms with E-state index in [0.29, 0.717) is 23.9 Å². The average molecular weight is 431 g/mol. The summed E-state index contributed by atoms with van der Waals surface area (Å²) in [6, 6.07) is 1.85. The van der Waals surface area contributed by atoms with E-state index in [-0.39, 0.29) is 6.10 Å². The molecule has 1 aromatic heterocycles. The van der Waals surface area contributed by atoms with Crippen LogP contribution < -0.4 is 14.8 Å². The molecule has 0 fully saturated rings. The highest BCUT2D eigenvalue weighted by Crippen LogP contribution is 2.38. The standard InChI is InChI=1S/C21H26N4O4S/c1-28-15-8-9-29-20-18(11-22-25(20)12-15)30(27)24-21(26)23-19-16-6-2-4-13(16)10-14-5-3-7-17(14)19/h10-11,15H,2-9,12H2,1H3,(H2,23,24,26)/t15?,30-/m1/s1. The average Bonchev–Trinajstić information content (AvgIpc) is 3.45. The molecule has 0 spiro atoms. The van der Waals surface area contributed by atoms with Gasteiger partial charge in [0.05, 0.1) is 25.5 Å². The van der Waals surface area contributed by atoms with Crippen molar-refractivity contribution in [2.45, 2.75) is 62.5 Å². The second-order valence-electron chi connectivity index (χ2n) is 8.05. The number of hydrogen-bond donors (Lipinski definition) is 2. The largest absolute Gasteiger partial charge is 0.477 e. The molecule has 160 valence electrons. The summed E-state index contributed by atoms with van der Waals surface area (Å²) >= 11 is 0. The number of benzene rings is 1. The summed E-state index contributed by atoms with van der Waals surface area (Å²) < 4.78 is 28.2. The molecule has 0 saturated heterocycles. The van der Waals surface area contributed by atoms with Gasteiger partial charge < -0.3 is 14.8 Å². The molecule has 1 aliphatic heterocycles. The number of methoxy groups -OCH3 is 1. The minimum absolute atomic E-state index is 0.00837. The number of hydrogen-bond acceptors (Lipinski definition) is 5. The van der Waals surface area contributed by atoms with E-state index in [0.717, 1.165) is 50.6 Å². The van der Waals surface area contributed by atoms with E-state index < -0.39 is 17.0 Å². The maximum atomic E-state index is 12.9. The highest BCUT2D eigenvalue weighted by atomic mass is 32.2. The highest BCUT2D eigenvalue weighted by Gasteiger charge is 2.27. The van der Waals surface area contributed by atoms with Crippen molar-refractivity contribution in [1.82, 2.24) is 14.5 Å². The summed E-state index contributed by atoms with van der Waals surface area (Å²) in [7, 11) is -0.120. The predicted octanol–water partition coefficient (Wildman–Crippen LogP) is 2.50. The smallest absolute Gasteiger partial charge is 0.331 e. The topological polar surface area (TPSA) is 94.5 Å². The molecule has 2 aromatic rings. The van der Waals surface area contributed by atoms with Crippen LogP contribution in [0.3, 0.4) is 0 Å². The predicted molar refractivity (Wildman–Crippen MR) is 112 cm³/mol. The number of carbonyl (C=O) groups is 1. The first kappa shape index (κ1) is 19.6. The van der Waals surface area contributed by atoms with Crippen LogP contribution in [-0.4, -0.2) is 39.8 Å². The van der Waals surface area contributed by atoms with Crippen LogP contribution in [0.4, 0.5) is 10.5 Å². The van der Waals surface area contributed by atoms with Crippen molar-refractivity contribution in [2.24, 2.45) is 0 Å². The van der Waals surface area contributed by atoms with Crippen molar-refractivity contribution >= 4 is 22.7 Å². The quantitative estimate of drug-likeness (QED) is 0.777. The number of amides is 2. The van der Waals surface area contributed by atoms with Crippen molar-refractivity contribution in [3.63, 3.8) is 0 Å². The monoisotopic (exact) mass is 430 g/mol. The molecule has 0 bridgehead atoms. The van der Waals surface area contributed by atoms with E-state index in [1.807, 2.05) is 0 Å². The molecule has 8 nitrogen and oxygen atoms in total. The van der Waals surface area contributed by atoms with Crippen molar-refractivity contribution in [2.75, 3.05) is 19.0 Å². The number of nitrogens with zero attached hydrogens (tertiary/aromatic N) is 2. The summed E-state index contributed by atoms with van der Waals surface area (Å²) in [5.41, 5.74) is 6.10. The van der Waals surface area contributed by atoms with Crippen LogP contribution in [0.25, 0.3) is 0 Å². The summed E-state index contributed by atoms with van der Waals surface area (Å²) in [4.78, 5) is 13.1. The van der Waals surface area contributed by atoms with Gasteiger partial charge in [-0.2, -0.15) is 5.10 Å². The number of nitrogens with one attached hydrogen (secondary N) is 2. The van der Waals surface area contributed by atoms with Crippen LogP contribution in [0.5, 0.6) is 5.88 Å².